The molecule has 0 unspecified atom stereocenters. The third-order valence-electron chi connectivity index (χ3n) is 2.90. The van der Waals surface area contributed by atoms with E-state index in [0.717, 1.165) is 5.69 Å². The quantitative estimate of drug-likeness (QED) is 0.632. The molecule has 1 rings (SSSR count). The highest BCUT2D eigenvalue weighted by Crippen LogP contribution is 2.25. The van der Waals surface area contributed by atoms with Gasteiger partial charge in [-0.3, -0.25) is 14.9 Å². The second-order valence-electron chi connectivity index (χ2n) is 4.66. The third kappa shape index (κ3) is 3.94. The van der Waals surface area contributed by atoms with Crippen LogP contribution < -0.4 is 4.90 Å². The summed E-state index contributed by atoms with van der Waals surface area (Å²) in [4.78, 5) is 22.9. The van der Waals surface area contributed by atoms with E-state index in [9.17, 15) is 14.9 Å². The molecule has 0 saturated heterocycles. The third-order valence-corrected chi connectivity index (χ3v) is 2.90. The van der Waals surface area contributed by atoms with Gasteiger partial charge in [0.15, 0.2) is 0 Å². The van der Waals surface area contributed by atoms with Gasteiger partial charge in [0.2, 0.25) is 0 Å². The van der Waals surface area contributed by atoms with Gasteiger partial charge in [-0.05, 0) is 32.9 Å². The predicted octanol–water partition coefficient (Wildman–Crippen LogP) is 2.59. The lowest BCUT2D eigenvalue weighted by Gasteiger charge is -2.28. The van der Waals surface area contributed by atoms with Gasteiger partial charge in [0, 0.05) is 29.9 Å². The maximum atomic E-state index is 10.8. The molecule has 1 aromatic rings. The molecule has 1 N–H and O–H groups in total. The molecule has 104 valence electrons. The molecule has 0 fully saturated rings. The summed E-state index contributed by atoms with van der Waals surface area (Å²) in [6, 6.07) is 4.97. The van der Waals surface area contributed by atoms with Crippen molar-refractivity contribution in [2.45, 2.75) is 33.2 Å². The zero-order valence-corrected chi connectivity index (χ0v) is 11.3. The van der Waals surface area contributed by atoms with Crippen LogP contribution in [0.1, 0.15) is 25.8 Å². The van der Waals surface area contributed by atoms with Crippen molar-refractivity contribution in [3.05, 3.63) is 33.9 Å². The van der Waals surface area contributed by atoms with E-state index >= 15 is 0 Å². The first-order valence-electron chi connectivity index (χ1n) is 6.06. The highest BCUT2D eigenvalue weighted by Gasteiger charge is 2.16. The summed E-state index contributed by atoms with van der Waals surface area (Å²) >= 11 is 0. The molecule has 0 spiro atoms. The van der Waals surface area contributed by atoms with Crippen molar-refractivity contribution in [3.8, 4) is 0 Å². The van der Waals surface area contributed by atoms with Crippen molar-refractivity contribution in [2.24, 2.45) is 0 Å². The average Bonchev–Trinajstić information content (AvgIpc) is 2.27. The van der Waals surface area contributed by atoms with Crippen molar-refractivity contribution < 1.29 is 14.8 Å². The molecular weight excluding hydrogens is 248 g/mol. The van der Waals surface area contributed by atoms with Crippen molar-refractivity contribution in [1.82, 2.24) is 0 Å². The molecule has 0 aliphatic carbocycles. The molecule has 0 atom stereocenters. The minimum atomic E-state index is -0.857. The van der Waals surface area contributed by atoms with Crippen molar-refractivity contribution in [3.63, 3.8) is 0 Å². The first-order valence-corrected chi connectivity index (χ1v) is 6.06. The van der Waals surface area contributed by atoms with Gasteiger partial charge in [-0.15, -0.1) is 0 Å². The highest BCUT2D eigenvalue weighted by molar-refractivity contribution is 5.68. The fourth-order valence-corrected chi connectivity index (χ4v) is 1.92. The maximum Gasteiger partial charge on any atom is 0.305 e. The van der Waals surface area contributed by atoms with Crippen LogP contribution in [-0.2, 0) is 4.79 Å². The number of rotatable bonds is 6. The Hall–Kier alpha value is -2.11. The number of nitrogens with zero attached hydrogens (tertiary/aromatic N) is 2. The number of benzene rings is 1. The topological polar surface area (TPSA) is 83.7 Å². The Morgan fingerprint density at radius 2 is 2.11 bits per heavy atom. The van der Waals surface area contributed by atoms with Crippen LogP contribution in [0.2, 0.25) is 0 Å². The number of carboxylic acids is 1. The van der Waals surface area contributed by atoms with E-state index in [1.807, 2.05) is 18.7 Å². The molecular formula is C13H18N2O4. The summed E-state index contributed by atoms with van der Waals surface area (Å²) in [5.41, 5.74) is 1.45. The Balaban J connectivity index is 3.00. The van der Waals surface area contributed by atoms with Crippen LogP contribution in [0, 0.1) is 17.0 Å². The van der Waals surface area contributed by atoms with E-state index in [1.54, 1.807) is 19.1 Å². The number of nitro groups is 1. The molecule has 0 bridgehead atoms. The van der Waals surface area contributed by atoms with E-state index in [0.29, 0.717) is 12.1 Å². The van der Waals surface area contributed by atoms with Gasteiger partial charge in [-0.1, -0.05) is 0 Å². The average molecular weight is 266 g/mol. The first-order chi connectivity index (χ1) is 8.82. The Kier molecular flexibility index (Phi) is 4.86. The van der Waals surface area contributed by atoms with E-state index in [1.165, 1.54) is 6.07 Å². The molecule has 6 heteroatoms. The summed E-state index contributed by atoms with van der Waals surface area (Å²) < 4.78 is 0. The lowest BCUT2D eigenvalue weighted by atomic mass is 10.1. The number of aliphatic carboxylic acids is 1. The predicted molar refractivity (Wildman–Crippen MR) is 72.6 cm³/mol. The minimum Gasteiger partial charge on any atom is -0.481 e. The number of carboxylic acid groups (broad SMARTS) is 1. The normalized spacial score (nSPS) is 10.5. The summed E-state index contributed by atoms with van der Waals surface area (Å²) in [5.74, 6) is -0.857. The fraction of sp³-hybridized carbons (Fsp3) is 0.462. The number of anilines is 1. The number of hydrogen-bond donors (Lipinski definition) is 1. The molecule has 0 saturated carbocycles. The summed E-state index contributed by atoms with van der Waals surface area (Å²) in [6.45, 7) is 5.97. The second kappa shape index (κ2) is 6.17. The summed E-state index contributed by atoms with van der Waals surface area (Å²) in [7, 11) is 0. The molecule has 1 aromatic carbocycles. The lowest BCUT2D eigenvalue weighted by molar-refractivity contribution is -0.385. The van der Waals surface area contributed by atoms with Gasteiger partial charge in [-0.25, -0.2) is 0 Å². The number of nitro benzene ring substituents is 1. The first kappa shape index (κ1) is 14.9. The molecule has 6 nitrogen and oxygen atoms in total. The molecule has 19 heavy (non-hydrogen) atoms. The monoisotopic (exact) mass is 266 g/mol. The zero-order valence-electron chi connectivity index (χ0n) is 11.3. The summed E-state index contributed by atoms with van der Waals surface area (Å²) in [6.07, 6.45) is 0.0359. The van der Waals surface area contributed by atoms with E-state index in [-0.39, 0.29) is 18.2 Å². The van der Waals surface area contributed by atoms with Crippen molar-refractivity contribution >= 4 is 17.3 Å². The van der Waals surface area contributed by atoms with Crippen LogP contribution in [0.4, 0.5) is 11.4 Å². The van der Waals surface area contributed by atoms with Crippen LogP contribution in [0.3, 0.4) is 0 Å². The smallest absolute Gasteiger partial charge is 0.305 e. The van der Waals surface area contributed by atoms with Crippen LogP contribution in [0.25, 0.3) is 0 Å². The van der Waals surface area contributed by atoms with Crippen LogP contribution in [0.15, 0.2) is 18.2 Å². The van der Waals surface area contributed by atoms with Gasteiger partial charge < -0.3 is 10.0 Å². The number of hydrogen-bond acceptors (Lipinski definition) is 4. The van der Waals surface area contributed by atoms with Gasteiger partial charge in [0.05, 0.1) is 11.3 Å². The standard InChI is InChI=1S/C13H18N2O4/c1-9(2)14(7-6-13(16)17)11-4-5-12(15(18)19)10(3)8-11/h4-5,8-9H,6-7H2,1-3H3,(H,16,17). The van der Waals surface area contributed by atoms with Gasteiger partial charge in [-0.2, -0.15) is 0 Å². The Morgan fingerprint density at radius 3 is 2.53 bits per heavy atom. The minimum absolute atomic E-state index is 0.0359. The van der Waals surface area contributed by atoms with Gasteiger partial charge in [0.25, 0.3) is 5.69 Å². The molecule has 0 radical (unpaired) electrons. The van der Waals surface area contributed by atoms with E-state index < -0.39 is 10.9 Å². The molecule has 0 aliphatic rings. The van der Waals surface area contributed by atoms with Crippen molar-refractivity contribution in [2.75, 3.05) is 11.4 Å². The van der Waals surface area contributed by atoms with Gasteiger partial charge in [0.1, 0.15) is 0 Å². The Bertz CT molecular complexity index is 486. The molecule has 0 amide bonds. The highest BCUT2D eigenvalue weighted by atomic mass is 16.6. The number of aryl methyl sites for hydroxylation is 1. The van der Waals surface area contributed by atoms with E-state index in [2.05, 4.69) is 0 Å². The Labute approximate surface area is 111 Å². The van der Waals surface area contributed by atoms with E-state index in [4.69, 9.17) is 5.11 Å². The second-order valence-corrected chi connectivity index (χ2v) is 4.66. The maximum absolute atomic E-state index is 10.8. The SMILES string of the molecule is Cc1cc(N(CCC(=O)O)C(C)C)ccc1[N+](=O)[O-]. The largest absolute Gasteiger partial charge is 0.481 e. The van der Waals surface area contributed by atoms with Gasteiger partial charge >= 0.3 is 5.97 Å². The Morgan fingerprint density at radius 1 is 1.47 bits per heavy atom. The molecule has 0 heterocycles. The zero-order chi connectivity index (χ0) is 14.6. The lowest BCUT2D eigenvalue weighted by Crippen LogP contribution is -2.32. The molecule has 0 aromatic heterocycles. The van der Waals surface area contributed by atoms with Crippen molar-refractivity contribution in [1.29, 1.82) is 0 Å². The van der Waals surface area contributed by atoms with Crippen LogP contribution in [0.5, 0.6) is 0 Å². The molecule has 0 aliphatic heterocycles. The summed E-state index contributed by atoms with van der Waals surface area (Å²) in [5, 5.41) is 19.5. The number of carbonyl (C=O) groups is 1. The van der Waals surface area contributed by atoms with Crippen LogP contribution >= 0.6 is 0 Å². The van der Waals surface area contributed by atoms with Crippen LogP contribution in [-0.4, -0.2) is 28.6 Å². The fourth-order valence-electron chi connectivity index (χ4n) is 1.92.